The predicted molar refractivity (Wildman–Crippen MR) is 93.9 cm³/mol. The molecular weight excluding hydrogens is 398 g/mol. The summed E-state index contributed by atoms with van der Waals surface area (Å²) in [6.07, 6.45) is -0.970. The van der Waals surface area contributed by atoms with Crippen molar-refractivity contribution in [3.63, 3.8) is 0 Å². The number of amides is 1. The first-order valence-electron chi connectivity index (χ1n) is 7.09. The monoisotopic (exact) mass is 411 g/mol. The number of carbonyl (C=O) groups is 2. The van der Waals surface area contributed by atoms with Gasteiger partial charge in [-0.3, -0.25) is 4.79 Å². The maximum Gasteiger partial charge on any atom is 0.407 e. The molecule has 0 aliphatic heterocycles. The standard InChI is InChI=1S/C17H15BrClNO4/c18-13-7-6-12(8-14(13)19)15(9-16(21)22)20-17(23)24-10-11-4-2-1-3-5-11/h1-8,15H,9-10H2,(H,20,23)(H,21,22). The Hall–Kier alpha value is -2.05. The molecule has 24 heavy (non-hydrogen) atoms. The average molecular weight is 413 g/mol. The van der Waals surface area contributed by atoms with Gasteiger partial charge in [0.25, 0.3) is 0 Å². The summed E-state index contributed by atoms with van der Waals surface area (Å²) < 4.78 is 5.82. The molecule has 0 fully saturated rings. The van der Waals surface area contributed by atoms with Gasteiger partial charge in [-0.2, -0.15) is 0 Å². The van der Waals surface area contributed by atoms with Crippen molar-refractivity contribution in [2.45, 2.75) is 19.1 Å². The number of aliphatic carboxylic acids is 1. The van der Waals surface area contributed by atoms with E-state index in [0.29, 0.717) is 15.1 Å². The molecule has 0 heterocycles. The lowest BCUT2D eigenvalue weighted by molar-refractivity contribution is -0.137. The molecule has 0 saturated carbocycles. The molecule has 1 atom stereocenters. The van der Waals surface area contributed by atoms with E-state index in [1.807, 2.05) is 30.3 Å². The molecular formula is C17H15BrClNO4. The summed E-state index contributed by atoms with van der Waals surface area (Å²) in [6.45, 7) is 0.105. The van der Waals surface area contributed by atoms with Crippen molar-refractivity contribution < 1.29 is 19.4 Å². The van der Waals surface area contributed by atoms with Gasteiger partial charge in [0.2, 0.25) is 0 Å². The Kier molecular flexibility index (Phi) is 6.63. The van der Waals surface area contributed by atoms with Crippen molar-refractivity contribution in [3.05, 3.63) is 69.2 Å². The van der Waals surface area contributed by atoms with Crippen LogP contribution >= 0.6 is 27.5 Å². The van der Waals surface area contributed by atoms with Crippen molar-refractivity contribution in [2.24, 2.45) is 0 Å². The zero-order valence-corrected chi connectivity index (χ0v) is 14.9. The highest BCUT2D eigenvalue weighted by Crippen LogP contribution is 2.27. The highest BCUT2D eigenvalue weighted by atomic mass is 79.9. The quantitative estimate of drug-likeness (QED) is 0.730. The van der Waals surface area contributed by atoms with E-state index in [1.165, 1.54) is 0 Å². The molecule has 0 aliphatic rings. The van der Waals surface area contributed by atoms with E-state index in [4.69, 9.17) is 21.4 Å². The Morgan fingerprint density at radius 3 is 2.54 bits per heavy atom. The van der Waals surface area contributed by atoms with Crippen LogP contribution < -0.4 is 5.32 Å². The number of hydrogen-bond donors (Lipinski definition) is 2. The molecule has 2 N–H and O–H groups in total. The van der Waals surface area contributed by atoms with Crippen molar-refractivity contribution in [2.75, 3.05) is 0 Å². The van der Waals surface area contributed by atoms with Crippen LogP contribution in [0.5, 0.6) is 0 Å². The summed E-state index contributed by atoms with van der Waals surface area (Å²) in [5, 5.41) is 12.1. The first-order chi connectivity index (χ1) is 11.5. The number of carboxylic acid groups (broad SMARTS) is 1. The Balaban J connectivity index is 2.03. The van der Waals surface area contributed by atoms with Crippen LogP contribution in [0.1, 0.15) is 23.6 Å². The third-order valence-electron chi connectivity index (χ3n) is 3.23. The number of nitrogens with one attached hydrogen (secondary N) is 1. The van der Waals surface area contributed by atoms with Crippen LogP contribution in [-0.2, 0) is 16.1 Å². The minimum Gasteiger partial charge on any atom is -0.481 e. The van der Waals surface area contributed by atoms with Gasteiger partial charge in [-0.05, 0) is 39.2 Å². The number of ether oxygens (including phenoxy) is 1. The summed E-state index contributed by atoms with van der Waals surface area (Å²) in [4.78, 5) is 23.0. The van der Waals surface area contributed by atoms with Crippen LogP contribution in [0, 0.1) is 0 Å². The lowest BCUT2D eigenvalue weighted by Crippen LogP contribution is -2.30. The summed E-state index contributed by atoms with van der Waals surface area (Å²) in [7, 11) is 0. The van der Waals surface area contributed by atoms with Gasteiger partial charge in [0, 0.05) is 4.47 Å². The molecule has 5 nitrogen and oxygen atoms in total. The second-order valence-electron chi connectivity index (χ2n) is 5.03. The number of rotatable bonds is 6. The second-order valence-corrected chi connectivity index (χ2v) is 6.29. The molecule has 126 valence electrons. The van der Waals surface area contributed by atoms with Crippen LogP contribution in [0.2, 0.25) is 5.02 Å². The van der Waals surface area contributed by atoms with Crippen LogP contribution in [0.25, 0.3) is 0 Å². The van der Waals surface area contributed by atoms with Gasteiger partial charge in [0.15, 0.2) is 0 Å². The molecule has 2 aromatic rings. The van der Waals surface area contributed by atoms with Gasteiger partial charge in [0.1, 0.15) is 6.61 Å². The molecule has 2 rings (SSSR count). The van der Waals surface area contributed by atoms with Crippen molar-refractivity contribution in [1.82, 2.24) is 5.32 Å². The second kappa shape index (κ2) is 8.70. The Labute approximate surface area is 152 Å². The smallest absolute Gasteiger partial charge is 0.407 e. The van der Waals surface area contributed by atoms with Crippen LogP contribution in [0.15, 0.2) is 53.0 Å². The maximum atomic E-state index is 12.0. The number of halogens is 2. The largest absolute Gasteiger partial charge is 0.481 e. The fraction of sp³-hybridized carbons (Fsp3) is 0.176. The maximum absolute atomic E-state index is 12.0. The summed E-state index contributed by atoms with van der Waals surface area (Å²) in [5.74, 6) is -1.04. The van der Waals surface area contributed by atoms with Crippen LogP contribution in [0.4, 0.5) is 4.79 Å². The highest BCUT2D eigenvalue weighted by molar-refractivity contribution is 9.10. The minimum atomic E-state index is -1.04. The van der Waals surface area contributed by atoms with E-state index in [0.717, 1.165) is 5.56 Å². The summed E-state index contributed by atoms with van der Waals surface area (Å²) in [5.41, 5.74) is 1.43. The van der Waals surface area contributed by atoms with Gasteiger partial charge in [-0.25, -0.2) is 4.79 Å². The first-order valence-corrected chi connectivity index (χ1v) is 8.27. The molecule has 0 radical (unpaired) electrons. The zero-order valence-electron chi connectivity index (χ0n) is 12.5. The van der Waals surface area contributed by atoms with E-state index in [1.54, 1.807) is 18.2 Å². The number of carboxylic acids is 1. The summed E-state index contributed by atoms with van der Waals surface area (Å²) in [6, 6.07) is 13.5. The van der Waals surface area contributed by atoms with Crippen molar-refractivity contribution in [1.29, 1.82) is 0 Å². The molecule has 0 saturated heterocycles. The van der Waals surface area contributed by atoms with Gasteiger partial charge >= 0.3 is 12.1 Å². The van der Waals surface area contributed by atoms with Gasteiger partial charge < -0.3 is 15.2 Å². The first kappa shape index (κ1) is 18.3. The van der Waals surface area contributed by atoms with Crippen LogP contribution in [-0.4, -0.2) is 17.2 Å². The molecule has 7 heteroatoms. The van der Waals surface area contributed by atoms with E-state index < -0.39 is 18.1 Å². The Bertz CT molecular complexity index is 724. The van der Waals surface area contributed by atoms with E-state index >= 15 is 0 Å². The molecule has 1 unspecified atom stereocenters. The lowest BCUT2D eigenvalue weighted by atomic mass is 10.0. The highest BCUT2D eigenvalue weighted by Gasteiger charge is 2.19. The molecule has 2 aromatic carbocycles. The van der Waals surface area contributed by atoms with Gasteiger partial charge in [-0.1, -0.05) is 48.0 Å². The lowest BCUT2D eigenvalue weighted by Gasteiger charge is -2.18. The van der Waals surface area contributed by atoms with Crippen molar-refractivity contribution >= 4 is 39.6 Å². The van der Waals surface area contributed by atoms with Crippen LogP contribution in [0.3, 0.4) is 0 Å². The Morgan fingerprint density at radius 2 is 1.92 bits per heavy atom. The predicted octanol–water partition coefficient (Wildman–Crippen LogP) is 4.54. The number of benzene rings is 2. The Morgan fingerprint density at radius 1 is 1.21 bits per heavy atom. The number of hydrogen-bond acceptors (Lipinski definition) is 3. The average Bonchev–Trinajstić information content (AvgIpc) is 2.55. The van der Waals surface area contributed by atoms with Gasteiger partial charge in [-0.15, -0.1) is 0 Å². The van der Waals surface area contributed by atoms with E-state index in [9.17, 15) is 9.59 Å². The molecule has 0 spiro atoms. The fourth-order valence-electron chi connectivity index (χ4n) is 2.06. The molecule has 1 amide bonds. The minimum absolute atomic E-state index is 0.105. The molecule has 0 bridgehead atoms. The molecule has 0 aliphatic carbocycles. The zero-order chi connectivity index (χ0) is 17.5. The summed E-state index contributed by atoms with van der Waals surface area (Å²) >= 11 is 9.30. The molecule has 0 aromatic heterocycles. The topological polar surface area (TPSA) is 75.6 Å². The third-order valence-corrected chi connectivity index (χ3v) is 4.46. The van der Waals surface area contributed by atoms with E-state index in [2.05, 4.69) is 21.2 Å². The number of carbonyl (C=O) groups excluding carboxylic acids is 1. The normalized spacial score (nSPS) is 11.6. The van der Waals surface area contributed by atoms with Gasteiger partial charge in [0.05, 0.1) is 17.5 Å². The SMILES string of the molecule is O=C(O)CC(NC(=O)OCc1ccccc1)c1ccc(Br)c(Cl)c1. The third kappa shape index (κ3) is 5.54. The van der Waals surface area contributed by atoms with E-state index in [-0.39, 0.29) is 13.0 Å². The fourth-order valence-corrected chi connectivity index (χ4v) is 2.50. The number of alkyl carbamates (subject to hydrolysis) is 1. The van der Waals surface area contributed by atoms with Crippen molar-refractivity contribution in [3.8, 4) is 0 Å².